The van der Waals surface area contributed by atoms with Crippen LogP contribution in [0.4, 0.5) is 0 Å². The lowest BCUT2D eigenvalue weighted by molar-refractivity contribution is -0.150. The highest BCUT2D eigenvalue weighted by molar-refractivity contribution is 7.93. The highest BCUT2D eigenvalue weighted by Crippen LogP contribution is 2.48. The number of amides is 2. The SMILES string of the molecule is COc1ccc(O)cc1C=C1CN2C(=O)CC2(S(=O)(=O)c2ccc(Cl)cc2)C1=O.O=C1CCNC(=O)CC1. The highest BCUT2D eigenvalue weighted by atomic mass is 35.5. The smallest absolute Gasteiger partial charge is 0.228 e. The molecule has 1 unspecified atom stereocenters. The Balaban J connectivity index is 0.000000317. The van der Waals surface area contributed by atoms with Gasteiger partial charge < -0.3 is 20.1 Å². The minimum absolute atomic E-state index is 0.000787. The van der Waals surface area contributed by atoms with Crippen molar-refractivity contribution in [3.05, 3.63) is 58.6 Å². The number of carbonyl (C=O) groups excluding carboxylic acids is 4. The van der Waals surface area contributed by atoms with Gasteiger partial charge in [-0.1, -0.05) is 11.6 Å². The Bertz CT molecular complexity index is 1440. The van der Waals surface area contributed by atoms with Gasteiger partial charge in [-0.3, -0.25) is 19.2 Å². The van der Waals surface area contributed by atoms with Crippen molar-refractivity contribution < 1.29 is 37.4 Å². The highest BCUT2D eigenvalue weighted by Gasteiger charge is 2.69. The van der Waals surface area contributed by atoms with Crippen LogP contribution in [0, 0.1) is 0 Å². The van der Waals surface area contributed by atoms with E-state index in [1.54, 1.807) is 0 Å². The fourth-order valence-electron chi connectivity index (χ4n) is 4.53. The van der Waals surface area contributed by atoms with Crippen LogP contribution in [0.3, 0.4) is 0 Å². The molecular formula is C26H25ClN2O8S. The van der Waals surface area contributed by atoms with E-state index in [9.17, 15) is 32.7 Å². The summed E-state index contributed by atoms with van der Waals surface area (Å²) >= 11 is 5.84. The first-order chi connectivity index (χ1) is 18.0. The summed E-state index contributed by atoms with van der Waals surface area (Å²) in [6.07, 6.45) is 2.34. The van der Waals surface area contributed by atoms with Crippen LogP contribution >= 0.6 is 11.6 Å². The monoisotopic (exact) mass is 560 g/mol. The third-order valence-electron chi connectivity index (χ3n) is 6.57. The number of fused-ring (bicyclic) bond motifs is 1. The number of phenols is 1. The average Bonchev–Trinajstić information content (AvgIpc) is 2.96. The van der Waals surface area contributed by atoms with E-state index in [1.165, 1.54) is 55.7 Å². The van der Waals surface area contributed by atoms with E-state index in [4.69, 9.17) is 16.3 Å². The van der Waals surface area contributed by atoms with Crippen molar-refractivity contribution in [1.82, 2.24) is 10.2 Å². The van der Waals surface area contributed by atoms with Gasteiger partial charge in [0.2, 0.25) is 32.3 Å². The number of methoxy groups -OCH3 is 1. The summed E-state index contributed by atoms with van der Waals surface area (Å²) in [5.41, 5.74) is 0.558. The van der Waals surface area contributed by atoms with Crippen LogP contribution in [0.15, 0.2) is 52.9 Å². The summed E-state index contributed by atoms with van der Waals surface area (Å²) in [6, 6.07) is 9.84. The first-order valence-corrected chi connectivity index (χ1v) is 13.6. The molecular weight excluding hydrogens is 536 g/mol. The molecule has 2 N–H and O–H groups in total. The summed E-state index contributed by atoms with van der Waals surface area (Å²) in [7, 11) is -2.73. The van der Waals surface area contributed by atoms with Crippen LogP contribution in [0.1, 0.15) is 31.2 Å². The molecule has 0 aliphatic carbocycles. The standard InChI is InChI=1S/C20H16ClNO6S.C6H9NO2/c1-28-17-7-4-15(23)9-12(17)8-13-11-22-18(24)10-20(22,19(13)25)29(26,27)16-5-2-14(21)3-6-16;8-5-1-2-6(9)7-4-3-5/h2-9,23H,10-11H2,1H3;1-4H2,(H,7,9). The van der Waals surface area contributed by atoms with Crippen LogP contribution in [0.2, 0.25) is 5.02 Å². The minimum atomic E-state index is -4.17. The number of benzene rings is 2. The number of hydrogen-bond acceptors (Lipinski definition) is 8. The second-order valence-electron chi connectivity index (χ2n) is 8.96. The van der Waals surface area contributed by atoms with Gasteiger partial charge in [0.15, 0.2) is 0 Å². The number of ketones is 2. The summed E-state index contributed by atoms with van der Waals surface area (Å²) in [6.45, 7) is 0.390. The Morgan fingerprint density at radius 3 is 2.42 bits per heavy atom. The van der Waals surface area contributed by atoms with Gasteiger partial charge in [-0.2, -0.15) is 0 Å². The Labute approximate surface area is 224 Å². The molecule has 0 saturated carbocycles. The first kappa shape index (κ1) is 27.3. The topological polar surface area (TPSA) is 147 Å². The van der Waals surface area contributed by atoms with Crippen molar-refractivity contribution in [3.8, 4) is 11.5 Å². The van der Waals surface area contributed by atoms with Crippen molar-refractivity contribution >= 4 is 50.9 Å². The largest absolute Gasteiger partial charge is 0.508 e. The van der Waals surface area contributed by atoms with Gasteiger partial charge in [0.1, 0.15) is 17.3 Å². The second kappa shape index (κ2) is 10.6. The Morgan fingerprint density at radius 1 is 1.05 bits per heavy atom. The first-order valence-electron chi connectivity index (χ1n) is 11.7. The van der Waals surface area contributed by atoms with E-state index in [-0.39, 0.29) is 34.5 Å². The van der Waals surface area contributed by atoms with Crippen molar-refractivity contribution in [2.24, 2.45) is 0 Å². The maximum absolute atomic E-state index is 13.3. The lowest BCUT2D eigenvalue weighted by Crippen LogP contribution is -2.67. The number of hydrogen-bond donors (Lipinski definition) is 2. The number of phenolic OH excluding ortho intramolecular Hbond substituents is 1. The van der Waals surface area contributed by atoms with Crippen LogP contribution in [0.25, 0.3) is 6.08 Å². The molecule has 2 aromatic rings. The molecule has 3 aliphatic rings. The number of rotatable bonds is 4. The molecule has 38 heavy (non-hydrogen) atoms. The lowest BCUT2D eigenvalue weighted by Gasteiger charge is -2.44. The van der Waals surface area contributed by atoms with Gasteiger partial charge in [-0.25, -0.2) is 8.42 Å². The fraction of sp³-hybridized carbons (Fsp3) is 0.308. The summed E-state index contributed by atoms with van der Waals surface area (Å²) in [5, 5.41) is 12.7. The molecule has 0 aromatic heterocycles. The van der Waals surface area contributed by atoms with E-state index in [0.717, 1.165) is 4.90 Å². The van der Waals surface area contributed by atoms with Gasteiger partial charge in [-0.05, 0) is 48.5 Å². The number of sulfone groups is 1. The molecule has 3 aliphatic heterocycles. The van der Waals surface area contributed by atoms with E-state index < -0.39 is 32.8 Å². The molecule has 200 valence electrons. The number of nitrogens with zero attached hydrogens (tertiary/aromatic N) is 1. The Morgan fingerprint density at radius 2 is 1.76 bits per heavy atom. The summed E-state index contributed by atoms with van der Waals surface area (Å²) in [4.78, 5) is 45.7. The number of β-lactam (4-membered cyclic amide) rings is 1. The minimum Gasteiger partial charge on any atom is -0.508 e. The van der Waals surface area contributed by atoms with E-state index >= 15 is 0 Å². The predicted molar refractivity (Wildman–Crippen MR) is 137 cm³/mol. The normalized spacial score (nSPS) is 22.2. The number of aromatic hydroxyl groups is 1. The van der Waals surface area contributed by atoms with Gasteiger partial charge in [-0.15, -0.1) is 0 Å². The molecule has 0 spiro atoms. The number of halogens is 1. The quantitative estimate of drug-likeness (QED) is 0.427. The molecule has 0 bridgehead atoms. The number of Topliss-reactive ketones (excluding diaryl/α,β-unsaturated/α-hetero) is 2. The Hall–Kier alpha value is -3.70. The van der Waals surface area contributed by atoms with Crippen molar-refractivity contribution in [3.63, 3.8) is 0 Å². The molecule has 3 heterocycles. The molecule has 2 amide bonds. The number of carbonyl (C=O) groups is 4. The van der Waals surface area contributed by atoms with Crippen molar-refractivity contribution in [2.75, 3.05) is 20.2 Å². The second-order valence-corrected chi connectivity index (χ2v) is 11.6. The third-order valence-corrected chi connectivity index (χ3v) is 9.16. The molecule has 5 rings (SSSR count). The molecule has 1 atom stereocenters. The van der Waals surface area contributed by atoms with Gasteiger partial charge in [0.05, 0.1) is 25.0 Å². The van der Waals surface area contributed by atoms with Crippen LogP contribution in [-0.4, -0.2) is 66.9 Å². The number of ether oxygens (including phenoxy) is 1. The van der Waals surface area contributed by atoms with E-state index in [1.807, 2.05) is 0 Å². The maximum atomic E-state index is 13.3. The lowest BCUT2D eigenvalue weighted by atomic mass is 9.99. The zero-order valence-electron chi connectivity index (χ0n) is 20.4. The van der Waals surface area contributed by atoms with Gasteiger partial charge >= 0.3 is 0 Å². The molecule has 2 aromatic carbocycles. The number of nitrogens with one attached hydrogen (secondary N) is 1. The van der Waals surface area contributed by atoms with Gasteiger partial charge in [0.25, 0.3) is 0 Å². The molecule has 3 saturated heterocycles. The maximum Gasteiger partial charge on any atom is 0.228 e. The zero-order chi connectivity index (χ0) is 27.7. The van der Waals surface area contributed by atoms with Crippen molar-refractivity contribution in [2.45, 2.75) is 35.4 Å². The Kier molecular flexibility index (Phi) is 7.61. The molecule has 12 heteroatoms. The van der Waals surface area contributed by atoms with E-state index in [0.29, 0.717) is 42.1 Å². The summed E-state index contributed by atoms with van der Waals surface area (Å²) in [5.74, 6) is -0.516. The predicted octanol–water partition coefficient (Wildman–Crippen LogP) is 2.28. The van der Waals surface area contributed by atoms with Crippen LogP contribution < -0.4 is 10.1 Å². The van der Waals surface area contributed by atoms with Crippen LogP contribution in [0.5, 0.6) is 11.5 Å². The fourth-order valence-corrected chi connectivity index (χ4v) is 6.69. The van der Waals surface area contributed by atoms with Crippen LogP contribution in [-0.2, 0) is 29.0 Å². The molecule has 0 radical (unpaired) electrons. The van der Waals surface area contributed by atoms with Gasteiger partial charge in [0, 0.05) is 42.0 Å². The summed E-state index contributed by atoms with van der Waals surface area (Å²) < 4.78 is 31.9. The van der Waals surface area contributed by atoms with Crippen molar-refractivity contribution in [1.29, 1.82) is 0 Å². The molecule has 3 fully saturated rings. The average molecular weight is 561 g/mol. The zero-order valence-corrected chi connectivity index (χ0v) is 22.0. The molecule has 10 nitrogen and oxygen atoms in total. The third kappa shape index (κ3) is 4.91. The van der Waals surface area contributed by atoms with E-state index in [2.05, 4.69) is 5.32 Å².